The highest BCUT2D eigenvalue weighted by Gasteiger charge is 2.35. The highest BCUT2D eigenvalue weighted by Crippen LogP contribution is 2.13. The summed E-state index contributed by atoms with van der Waals surface area (Å²) in [6.07, 6.45) is -2.49. The molecule has 4 N–H and O–H groups in total. The maximum atomic E-state index is 9.55. The first-order valence-electron chi connectivity index (χ1n) is 5.51. The Hall–Kier alpha value is -0.200. The molecule has 1 fully saturated rings. The molecular weight excluding hydrogens is 198 g/mol. The van der Waals surface area contributed by atoms with Gasteiger partial charge in [0.25, 0.3) is 0 Å². The Morgan fingerprint density at radius 2 is 1.47 bits per heavy atom. The third-order valence-corrected chi connectivity index (χ3v) is 2.86. The van der Waals surface area contributed by atoms with Crippen molar-refractivity contribution in [2.24, 2.45) is 0 Å². The van der Waals surface area contributed by atoms with Crippen LogP contribution in [-0.2, 0) is 0 Å². The molecule has 90 valence electrons. The monoisotopic (exact) mass is 219 g/mol. The molecule has 4 atom stereocenters. The minimum Gasteiger partial charge on any atom is -0.389 e. The molecule has 0 bridgehead atoms. The van der Waals surface area contributed by atoms with E-state index in [9.17, 15) is 20.4 Å². The van der Waals surface area contributed by atoms with E-state index in [1.807, 2.05) is 4.90 Å². The number of hydrogen-bond donors (Lipinski definition) is 4. The standard InChI is InChI=1S/C10H21NO4/c1-2-3-4-11-5-7(12)9(14)10(15)8(13)6-11/h7-10,12-15H,2-6H2,1H3. The number of likely N-dealkylation sites (tertiary alicyclic amines) is 1. The van der Waals surface area contributed by atoms with Gasteiger partial charge in [-0.15, -0.1) is 0 Å². The zero-order chi connectivity index (χ0) is 11.4. The molecule has 15 heavy (non-hydrogen) atoms. The summed E-state index contributed by atoms with van der Waals surface area (Å²) in [7, 11) is 0. The predicted octanol–water partition coefficient (Wildman–Crippen LogP) is -1.45. The molecule has 0 saturated carbocycles. The SMILES string of the molecule is CCCCN1CC(O)C(O)C(O)C(O)C1. The summed E-state index contributed by atoms with van der Waals surface area (Å²) in [6.45, 7) is 3.43. The van der Waals surface area contributed by atoms with Gasteiger partial charge in [0.1, 0.15) is 12.2 Å². The van der Waals surface area contributed by atoms with Gasteiger partial charge in [-0.05, 0) is 13.0 Å². The van der Waals surface area contributed by atoms with E-state index in [-0.39, 0.29) is 0 Å². The molecule has 1 saturated heterocycles. The van der Waals surface area contributed by atoms with Crippen LogP contribution in [0, 0.1) is 0 Å². The Kier molecular flexibility index (Phi) is 4.95. The highest BCUT2D eigenvalue weighted by atomic mass is 16.4. The van der Waals surface area contributed by atoms with Crippen molar-refractivity contribution < 1.29 is 20.4 Å². The van der Waals surface area contributed by atoms with Crippen molar-refractivity contribution in [1.29, 1.82) is 0 Å². The molecule has 5 heteroatoms. The summed E-state index contributed by atoms with van der Waals surface area (Å²) in [5.41, 5.74) is 0. The van der Waals surface area contributed by atoms with Crippen molar-refractivity contribution in [3.8, 4) is 0 Å². The first kappa shape index (κ1) is 12.9. The minimum atomic E-state index is -1.26. The van der Waals surface area contributed by atoms with Crippen molar-refractivity contribution >= 4 is 0 Å². The van der Waals surface area contributed by atoms with E-state index in [1.165, 1.54) is 0 Å². The molecule has 1 heterocycles. The maximum Gasteiger partial charge on any atom is 0.110 e. The fourth-order valence-corrected chi connectivity index (χ4v) is 1.84. The topological polar surface area (TPSA) is 84.2 Å². The second-order valence-corrected chi connectivity index (χ2v) is 4.23. The Bertz CT molecular complexity index is 174. The van der Waals surface area contributed by atoms with E-state index < -0.39 is 24.4 Å². The van der Waals surface area contributed by atoms with Gasteiger partial charge in [0, 0.05) is 13.1 Å². The molecule has 4 unspecified atom stereocenters. The Labute approximate surface area is 90.0 Å². The second kappa shape index (κ2) is 5.77. The molecule has 1 aliphatic heterocycles. The smallest absolute Gasteiger partial charge is 0.110 e. The first-order valence-corrected chi connectivity index (χ1v) is 5.51. The van der Waals surface area contributed by atoms with Crippen LogP contribution in [0.2, 0.25) is 0 Å². The van der Waals surface area contributed by atoms with Crippen molar-refractivity contribution in [3.05, 3.63) is 0 Å². The number of β-amino-alcohol motifs (C(OH)–C–C–N with tert-alkyl or cyclic N) is 2. The third-order valence-electron chi connectivity index (χ3n) is 2.86. The molecule has 1 aliphatic rings. The van der Waals surface area contributed by atoms with Crippen LogP contribution in [0.25, 0.3) is 0 Å². The number of aliphatic hydroxyl groups excluding tert-OH is 4. The average Bonchev–Trinajstić information content (AvgIpc) is 2.30. The summed E-state index contributed by atoms with van der Waals surface area (Å²) in [5.74, 6) is 0. The van der Waals surface area contributed by atoms with Crippen LogP contribution < -0.4 is 0 Å². The largest absolute Gasteiger partial charge is 0.389 e. The fourth-order valence-electron chi connectivity index (χ4n) is 1.84. The van der Waals surface area contributed by atoms with Crippen LogP contribution in [0.15, 0.2) is 0 Å². The van der Waals surface area contributed by atoms with Gasteiger partial charge < -0.3 is 20.4 Å². The lowest BCUT2D eigenvalue weighted by atomic mass is 10.1. The van der Waals surface area contributed by atoms with Gasteiger partial charge >= 0.3 is 0 Å². The van der Waals surface area contributed by atoms with Gasteiger partial charge in [0.2, 0.25) is 0 Å². The first-order chi connectivity index (χ1) is 7.06. The molecule has 0 aromatic carbocycles. The van der Waals surface area contributed by atoms with E-state index in [1.54, 1.807) is 0 Å². The van der Waals surface area contributed by atoms with Crippen molar-refractivity contribution in [2.75, 3.05) is 19.6 Å². The molecule has 0 spiro atoms. The van der Waals surface area contributed by atoms with Crippen LogP contribution in [0.1, 0.15) is 19.8 Å². The molecule has 5 nitrogen and oxygen atoms in total. The quantitative estimate of drug-likeness (QED) is 0.466. The third kappa shape index (κ3) is 3.39. The Balaban J connectivity index is 2.55. The summed E-state index contributed by atoms with van der Waals surface area (Å²) >= 11 is 0. The van der Waals surface area contributed by atoms with Gasteiger partial charge in [-0.2, -0.15) is 0 Å². The molecule has 0 radical (unpaired) electrons. The predicted molar refractivity (Wildman–Crippen MR) is 55.4 cm³/mol. The van der Waals surface area contributed by atoms with Gasteiger partial charge in [0.05, 0.1) is 12.2 Å². The second-order valence-electron chi connectivity index (χ2n) is 4.23. The maximum absolute atomic E-state index is 9.55. The van der Waals surface area contributed by atoms with Crippen molar-refractivity contribution in [1.82, 2.24) is 4.90 Å². The summed E-state index contributed by atoms with van der Waals surface area (Å²) in [5, 5.41) is 38.0. The summed E-state index contributed by atoms with van der Waals surface area (Å²) < 4.78 is 0. The number of hydrogen-bond acceptors (Lipinski definition) is 5. The number of nitrogens with zero attached hydrogens (tertiary/aromatic N) is 1. The molecule has 1 rings (SSSR count). The van der Waals surface area contributed by atoms with E-state index in [4.69, 9.17) is 0 Å². The van der Waals surface area contributed by atoms with E-state index in [0.717, 1.165) is 19.4 Å². The summed E-state index contributed by atoms with van der Waals surface area (Å²) in [6, 6.07) is 0. The number of rotatable bonds is 3. The van der Waals surface area contributed by atoms with Crippen molar-refractivity contribution in [3.63, 3.8) is 0 Å². The van der Waals surface area contributed by atoms with Gasteiger partial charge in [-0.1, -0.05) is 13.3 Å². The lowest BCUT2D eigenvalue weighted by Gasteiger charge is -2.22. The van der Waals surface area contributed by atoms with Crippen LogP contribution in [-0.4, -0.2) is 69.4 Å². The van der Waals surface area contributed by atoms with Crippen LogP contribution in [0.4, 0.5) is 0 Å². The molecule has 0 aliphatic carbocycles. The zero-order valence-electron chi connectivity index (χ0n) is 9.08. The minimum absolute atomic E-state index is 0.301. The average molecular weight is 219 g/mol. The Morgan fingerprint density at radius 1 is 1.00 bits per heavy atom. The van der Waals surface area contributed by atoms with Crippen molar-refractivity contribution in [2.45, 2.75) is 44.2 Å². The van der Waals surface area contributed by atoms with E-state index in [0.29, 0.717) is 13.1 Å². The highest BCUT2D eigenvalue weighted by molar-refractivity contribution is 4.88. The molecular formula is C10H21NO4. The Morgan fingerprint density at radius 3 is 1.87 bits per heavy atom. The lowest BCUT2D eigenvalue weighted by Crippen LogP contribution is -2.43. The van der Waals surface area contributed by atoms with Gasteiger partial charge in [-0.25, -0.2) is 0 Å². The van der Waals surface area contributed by atoms with Gasteiger partial charge in [0.15, 0.2) is 0 Å². The van der Waals surface area contributed by atoms with E-state index >= 15 is 0 Å². The van der Waals surface area contributed by atoms with Crippen LogP contribution in [0.5, 0.6) is 0 Å². The number of aliphatic hydroxyl groups is 4. The lowest BCUT2D eigenvalue weighted by molar-refractivity contribution is -0.0894. The summed E-state index contributed by atoms with van der Waals surface area (Å²) in [4.78, 5) is 1.87. The molecule has 0 amide bonds. The van der Waals surface area contributed by atoms with Crippen LogP contribution >= 0.6 is 0 Å². The fraction of sp³-hybridized carbons (Fsp3) is 1.00. The van der Waals surface area contributed by atoms with Gasteiger partial charge in [-0.3, -0.25) is 4.90 Å². The normalized spacial score (nSPS) is 39.0. The van der Waals surface area contributed by atoms with Crippen LogP contribution in [0.3, 0.4) is 0 Å². The molecule has 0 aromatic rings. The van der Waals surface area contributed by atoms with E-state index in [2.05, 4.69) is 6.92 Å². The zero-order valence-corrected chi connectivity index (χ0v) is 9.08. The number of unbranched alkanes of at least 4 members (excludes halogenated alkanes) is 1. The molecule has 0 aromatic heterocycles.